The minimum atomic E-state index is -0.378. The quantitative estimate of drug-likeness (QED) is 0.640. The van der Waals surface area contributed by atoms with Crippen molar-refractivity contribution >= 4 is 6.09 Å². The molecule has 0 spiro atoms. The molecule has 0 atom stereocenters. The van der Waals surface area contributed by atoms with Crippen molar-refractivity contribution in [2.24, 2.45) is 0 Å². The molecule has 0 saturated carbocycles. The minimum Gasteiger partial charge on any atom is -0.453 e. The predicted octanol–water partition coefficient (Wildman–Crippen LogP) is 1.82. The third-order valence-electron chi connectivity index (χ3n) is 1.67. The first-order valence-electron chi connectivity index (χ1n) is 4.50. The number of carbonyl (C=O) groups excluding carboxylic acids is 1. The van der Waals surface area contributed by atoms with Crippen molar-refractivity contribution in [3.63, 3.8) is 0 Å². The molecule has 0 bridgehead atoms. The van der Waals surface area contributed by atoms with Crippen molar-refractivity contribution in [2.75, 3.05) is 13.7 Å². The number of nitrogens with one attached hydrogen (secondary N) is 1. The summed E-state index contributed by atoms with van der Waals surface area (Å²) in [7, 11) is 1.35. The highest BCUT2D eigenvalue weighted by molar-refractivity contribution is 5.66. The predicted molar refractivity (Wildman–Crippen MR) is 49.1 cm³/mol. The molecule has 0 aliphatic rings. The van der Waals surface area contributed by atoms with Gasteiger partial charge in [-0.15, -0.1) is 0 Å². The van der Waals surface area contributed by atoms with Crippen LogP contribution in [-0.4, -0.2) is 19.7 Å². The number of hydrogen-bond donors (Lipinski definition) is 1. The number of unbranched alkanes of at least 4 members (excludes halogenated alkanes) is 4. The van der Waals surface area contributed by atoms with E-state index in [9.17, 15) is 4.79 Å². The first kappa shape index (κ1) is 11.8. The van der Waals surface area contributed by atoms with Crippen LogP contribution in [0, 0.1) is 11.3 Å². The molecule has 4 nitrogen and oxygen atoms in total. The number of rotatable bonds is 6. The van der Waals surface area contributed by atoms with Crippen molar-refractivity contribution in [3.05, 3.63) is 0 Å². The van der Waals surface area contributed by atoms with E-state index in [1.54, 1.807) is 0 Å². The van der Waals surface area contributed by atoms with Crippen LogP contribution in [0.4, 0.5) is 4.79 Å². The number of nitrogens with zero attached hydrogens (tertiary/aromatic N) is 1. The molecule has 0 fully saturated rings. The second-order valence-corrected chi connectivity index (χ2v) is 2.74. The second kappa shape index (κ2) is 8.85. The molecule has 0 aliphatic carbocycles. The van der Waals surface area contributed by atoms with E-state index in [4.69, 9.17) is 5.26 Å². The van der Waals surface area contributed by atoms with Gasteiger partial charge in [-0.2, -0.15) is 5.26 Å². The second-order valence-electron chi connectivity index (χ2n) is 2.74. The molecule has 0 aromatic heterocycles. The van der Waals surface area contributed by atoms with E-state index in [0.29, 0.717) is 13.0 Å². The maximum Gasteiger partial charge on any atom is 0.406 e. The van der Waals surface area contributed by atoms with Crippen molar-refractivity contribution < 1.29 is 9.53 Å². The largest absolute Gasteiger partial charge is 0.453 e. The van der Waals surface area contributed by atoms with E-state index in [1.165, 1.54) is 7.11 Å². The summed E-state index contributed by atoms with van der Waals surface area (Å²) in [5.74, 6) is 0. The Kier molecular flexibility index (Phi) is 8.01. The number of amides is 1. The zero-order valence-electron chi connectivity index (χ0n) is 8.01. The molecule has 0 rings (SSSR count). The molecule has 0 unspecified atom stereocenters. The van der Waals surface area contributed by atoms with Gasteiger partial charge < -0.3 is 10.1 Å². The topological polar surface area (TPSA) is 62.1 Å². The number of carbonyl (C=O) groups is 1. The lowest BCUT2D eigenvalue weighted by atomic mass is 10.1. The molecule has 0 aromatic carbocycles. The molecule has 0 aromatic rings. The molecule has 0 aliphatic heterocycles. The minimum absolute atomic E-state index is 0.378. The summed E-state index contributed by atoms with van der Waals surface area (Å²) in [6.07, 6.45) is 4.25. The summed E-state index contributed by atoms with van der Waals surface area (Å²) in [6, 6.07) is 2.10. The summed E-state index contributed by atoms with van der Waals surface area (Å²) in [5, 5.41) is 10.8. The average molecular weight is 184 g/mol. The first-order valence-corrected chi connectivity index (χ1v) is 4.50. The summed E-state index contributed by atoms with van der Waals surface area (Å²) in [4.78, 5) is 10.6. The van der Waals surface area contributed by atoms with Gasteiger partial charge in [0.05, 0.1) is 13.2 Å². The maximum absolute atomic E-state index is 10.6. The molecule has 0 radical (unpaired) electrons. The summed E-state index contributed by atoms with van der Waals surface area (Å²) in [6.45, 7) is 0.652. The highest BCUT2D eigenvalue weighted by atomic mass is 16.5. The lowest BCUT2D eigenvalue weighted by Gasteiger charge is -2.02. The van der Waals surface area contributed by atoms with Gasteiger partial charge in [-0.3, -0.25) is 0 Å². The van der Waals surface area contributed by atoms with E-state index < -0.39 is 0 Å². The van der Waals surface area contributed by atoms with Crippen LogP contribution >= 0.6 is 0 Å². The van der Waals surface area contributed by atoms with Crippen molar-refractivity contribution in [1.82, 2.24) is 5.32 Å². The zero-order valence-corrected chi connectivity index (χ0v) is 8.01. The smallest absolute Gasteiger partial charge is 0.406 e. The van der Waals surface area contributed by atoms with Gasteiger partial charge in [-0.05, 0) is 12.8 Å². The molecule has 1 amide bonds. The Morgan fingerprint density at radius 3 is 2.69 bits per heavy atom. The highest BCUT2D eigenvalue weighted by Crippen LogP contribution is 2.00. The van der Waals surface area contributed by atoms with Gasteiger partial charge in [-0.25, -0.2) is 4.79 Å². The molecule has 0 heterocycles. The van der Waals surface area contributed by atoms with Crippen LogP contribution in [0.3, 0.4) is 0 Å². The number of methoxy groups -OCH3 is 1. The van der Waals surface area contributed by atoms with Gasteiger partial charge in [0.25, 0.3) is 0 Å². The Balaban J connectivity index is 3.00. The Labute approximate surface area is 78.9 Å². The van der Waals surface area contributed by atoms with Gasteiger partial charge in [0.2, 0.25) is 0 Å². The van der Waals surface area contributed by atoms with Gasteiger partial charge in [0.15, 0.2) is 0 Å². The normalized spacial score (nSPS) is 8.92. The van der Waals surface area contributed by atoms with E-state index in [-0.39, 0.29) is 6.09 Å². The summed E-state index contributed by atoms with van der Waals surface area (Å²) in [5.41, 5.74) is 0. The molecular weight excluding hydrogens is 168 g/mol. The average Bonchev–Trinajstić information content (AvgIpc) is 2.16. The van der Waals surface area contributed by atoms with Crippen molar-refractivity contribution in [2.45, 2.75) is 32.1 Å². The van der Waals surface area contributed by atoms with Crippen LogP contribution < -0.4 is 5.32 Å². The summed E-state index contributed by atoms with van der Waals surface area (Å²) < 4.78 is 4.40. The standard InChI is InChI=1S/C9H16N2O2/c1-13-9(12)11-8-6-4-2-3-5-7-10/h2-6,8H2,1H3,(H,11,12). The fourth-order valence-corrected chi connectivity index (χ4v) is 0.945. The van der Waals surface area contributed by atoms with Gasteiger partial charge in [0.1, 0.15) is 0 Å². The van der Waals surface area contributed by atoms with Crippen molar-refractivity contribution in [1.29, 1.82) is 5.26 Å². The zero-order chi connectivity index (χ0) is 9.94. The highest BCUT2D eigenvalue weighted by Gasteiger charge is 1.95. The van der Waals surface area contributed by atoms with Crippen molar-refractivity contribution in [3.8, 4) is 6.07 Å². The Bertz CT molecular complexity index is 175. The molecule has 13 heavy (non-hydrogen) atoms. The fourth-order valence-electron chi connectivity index (χ4n) is 0.945. The van der Waals surface area contributed by atoms with Crippen LogP contribution in [0.2, 0.25) is 0 Å². The van der Waals surface area contributed by atoms with E-state index in [1.807, 2.05) is 0 Å². The molecule has 1 N–H and O–H groups in total. The van der Waals surface area contributed by atoms with Crippen LogP contribution in [-0.2, 0) is 4.74 Å². The monoisotopic (exact) mass is 184 g/mol. The lowest BCUT2D eigenvalue weighted by Crippen LogP contribution is -2.23. The third-order valence-corrected chi connectivity index (χ3v) is 1.67. The SMILES string of the molecule is COC(=O)NCCCCCCC#N. The first-order chi connectivity index (χ1) is 6.31. The molecule has 74 valence electrons. The van der Waals surface area contributed by atoms with E-state index in [0.717, 1.165) is 25.7 Å². The van der Waals surface area contributed by atoms with Gasteiger partial charge in [-0.1, -0.05) is 12.8 Å². The third kappa shape index (κ3) is 8.67. The van der Waals surface area contributed by atoms with Crippen LogP contribution in [0.15, 0.2) is 0 Å². The summed E-state index contributed by atoms with van der Waals surface area (Å²) >= 11 is 0. The molecule has 0 saturated heterocycles. The number of nitriles is 1. The number of alkyl carbamates (subject to hydrolysis) is 1. The Morgan fingerprint density at radius 2 is 2.08 bits per heavy atom. The Hall–Kier alpha value is -1.24. The maximum atomic E-state index is 10.6. The van der Waals surface area contributed by atoms with Gasteiger partial charge >= 0.3 is 6.09 Å². The van der Waals surface area contributed by atoms with Crippen LogP contribution in [0.25, 0.3) is 0 Å². The lowest BCUT2D eigenvalue weighted by molar-refractivity contribution is 0.171. The van der Waals surface area contributed by atoms with Crippen LogP contribution in [0.1, 0.15) is 32.1 Å². The molecular formula is C9H16N2O2. The number of hydrogen-bond acceptors (Lipinski definition) is 3. The number of ether oxygens (including phenoxy) is 1. The molecule has 4 heteroatoms. The van der Waals surface area contributed by atoms with Gasteiger partial charge in [0, 0.05) is 13.0 Å². The van der Waals surface area contributed by atoms with E-state index in [2.05, 4.69) is 16.1 Å². The van der Waals surface area contributed by atoms with E-state index >= 15 is 0 Å². The Morgan fingerprint density at radius 1 is 1.38 bits per heavy atom. The van der Waals surface area contributed by atoms with Crippen LogP contribution in [0.5, 0.6) is 0 Å². The fraction of sp³-hybridized carbons (Fsp3) is 0.778.